The maximum atomic E-state index is 9.28. The molecular weight excluding hydrogens is 240 g/mol. The molecule has 2 rings (SSSR count). The van der Waals surface area contributed by atoms with Crippen LogP contribution in [0, 0.1) is 0 Å². The zero-order valence-electron chi connectivity index (χ0n) is 12.0. The maximum Gasteiger partial charge on any atom is 0.137 e. The van der Waals surface area contributed by atoms with Crippen molar-refractivity contribution in [2.75, 3.05) is 38.7 Å². The van der Waals surface area contributed by atoms with E-state index in [0.717, 1.165) is 25.1 Å². The van der Waals surface area contributed by atoms with Crippen LogP contribution in [-0.2, 0) is 4.74 Å². The van der Waals surface area contributed by atoms with Gasteiger partial charge in [-0.05, 0) is 24.1 Å². The second kappa shape index (κ2) is 6.37. The molecule has 0 spiro atoms. The second-order valence-electron chi connectivity index (χ2n) is 5.27. The van der Waals surface area contributed by atoms with Crippen LogP contribution in [0.4, 0.5) is 5.69 Å². The SMILES string of the molecule is CCCN1CC(CO)OC1c1ccc(N(C)C)cc1. The van der Waals surface area contributed by atoms with Crippen LogP contribution in [0.25, 0.3) is 0 Å². The van der Waals surface area contributed by atoms with Gasteiger partial charge in [-0.1, -0.05) is 19.1 Å². The number of aliphatic hydroxyl groups is 1. The summed E-state index contributed by atoms with van der Waals surface area (Å²) >= 11 is 0. The Kier molecular flexibility index (Phi) is 4.80. The molecule has 4 heteroatoms. The molecule has 4 nitrogen and oxygen atoms in total. The maximum absolute atomic E-state index is 9.28. The first-order valence-electron chi connectivity index (χ1n) is 6.93. The van der Waals surface area contributed by atoms with Gasteiger partial charge >= 0.3 is 0 Å². The van der Waals surface area contributed by atoms with E-state index in [1.807, 2.05) is 14.1 Å². The van der Waals surface area contributed by atoms with E-state index in [2.05, 4.69) is 41.0 Å². The van der Waals surface area contributed by atoms with Crippen LogP contribution >= 0.6 is 0 Å². The van der Waals surface area contributed by atoms with E-state index in [1.54, 1.807) is 0 Å². The van der Waals surface area contributed by atoms with Crippen molar-refractivity contribution >= 4 is 5.69 Å². The lowest BCUT2D eigenvalue weighted by Gasteiger charge is -2.23. The summed E-state index contributed by atoms with van der Waals surface area (Å²) in [6, 6.07) is 8.44. The first-order chi connectivity index (χ1) is 9.15. The molecule has 1 aliphatic rings. The number of hydrogen-bond acceptors (Lipinski definition) is 4. The molecule has 1 heterocycles. The van der Waals surface area contributed by atoms with Crippen molar-refractivity contribution in [3.8, 4) is 0 Å². The fourth-order valence-electron chi connectivity index (χ4n) is 2.49. The van der Waals surface area contributed by atoms with Gasteiger partial charge in [-0.15, -0.1) is 0 Å². The van der Waals surface area contributed by atoms with Crippen LogP contribution in [0.3, 0.4) is 0 Å². The normalized spacial score (nSPS) is 23.8. The van der Waals surface area contributed by atoms with Gasteiger partial charge in [0, 0.05) is 32.9 Å². The summed E-state index contributed by atoms with van der Waals surface area (Å²) in [5.41, 5.74) is 2.34. The van der Waals surface area contributed by atoms with E-state index in [9.17, 15) is 5.11 Å². The molecular formula is C15H24N2O2. The summed E-state index contributed by atoms with van der Waals surface area (Å²) in [4.78, 5) is 4.38. The number of rotatable bonds is 5. The Bertz CT molecular complexity index is 392. The average Bonchev–Trinajstić information content (AvgIpc) is 2.82. The highest BCUT2D eigenvalue weighted by Gasteiger charge is 2.32. The Hall–Kier alpha value is -1.10. The molecule has 0 amide bonds. The van der Waals surface area contributed by atoms with E-state index >= 15 is 0 Å². The van der Waals surface area contributed by atoms with Crippen molar-refractivity contribution in [1.82, 2.24) is 4.90 Å². The number of nitrogens with zero attached hydrogens (tertiary/aromatic N) is 2. The molecule has 19 heavy (non-hydrogen) atoms. The van der Waals surface area contributed by atoms with Gasteiger partial charge in [-0.25, -0.2) is 0 Å². The summed E-state index contributed by atoms with van der Waals surface area (Å²) in [5, 5.41) is 9.28. The van der Waals surface area contributed by atoms with Crippen LogP contribution in [0.1, 0.15) is 25.1 Å². The molecule has 2 atom stereocenters. The molecule has 0 aliphatic carbocycles. The molecule has 2 unspecified atom stereocenters. The minimum atomic E-state index is -0.0647. The third-order valence-electron chi connectivity index (χ3n) is 3.50. The minimum Gasteiger partial charge on any atom is -0.394 e. The van der Waals surface area contributed by atoms with Crippen LogP contribution in [0.15, 0.2) is 24.3 Å². The summed E-state index contributed by atoms with van der Waals surface area (Å²) in [7, 11) is 4.07. The fraction of sp³-hybridized carbons (Fsp3) is 0.600. The molecule has 0 bridgehead atoms. The number of benzene rings is 1. The monoisotopic (exact) mass is 264 g/mol. The van der Waals surface area contributed by atoms with Gasteiger partial charge < -0.3 is 14.7 Å². The van der Waals surface area contributed by atoms with Gasteiger partial charge in [0.15, 0.2) is 0 Å². The standard InChI is InChI=1S/C15H24N2O2/c1-4-9-17-10-14(11-18)19-15(17)12-5-7-13(8-6-12)16(2)3/h5-8,14-15,18H,4,9-11H2,1-3H3. The van der Waals surface area contributed by atoms with Gasteiger partial charge in [0.1, 0.15) is 6.23 Å². The van der Waals surface area contributed by atoms with Crippen molar-refractivity contribution < 1.29 is 9.84 Å². The zero-order valence-corrected chi connectivity index (χ0v) is 12.0. The van der Waals surface area contributed by atoms with Gasteiger partial charge in [0.25, 0.3) is 0 Å². The van der Waals surface area contributed by atoms with Gasteiger partial charge in [0.05, 0.1) is 12.7 Å². The molecule has 1 fully saturated rings. The Morgan fingerprint density at radius 1 is 1.32 bits per heavy atom. The van der Waals surface area contributed by atoms with E-state index < -0.39 is 0 Å². The zero-order chi connectivity index (χ0) is 13.8. The quantitative estimate of drug-likeness (QED) is 0.880. The lowest BCUT2D eigenvalue weighted by molar-refractivity contribution is -0.0195. The van der Waals surface area contributed by atoms with Crippen molar-refractivity contribution in [2.24, 2.45) is 0 Å². The molecule has 1 aromatic rings. The van der Waals surface area contributed by atoms with Gasteiger partial charge in [0.2, 0.25) is 0 Å². The summed E-state index contributed by atoms with van der Waals surface area (Å²) < 4.78 is 5.92. The topological polar surface area (TPSA) is 35.9 Å². The van der Waals surface area contributed by atoms with Crippen molar-refractivity contribution in [1.29, 1.82) is 0 Å². The Labute approximate surface area is 115 Å². The summed E-state index contributed by atoms with van der Waals surface area (Å²) in [6.45, 7) is 4.06. The largest absolute Gasteiger partial charge is 0.394 e. The average molecular weight is 264 g/mol. The second-order valence-corrected chi connectivity index (χ2v) is 5.27. The summed E-state index contributed by atoms with van der Waals surface area (Å²) in [6.07, 6.45) is 1.01. The van der Waals surface area contributed by atoms with E-state index in [1.165, 1.54) is 5.69 Å². The minimum absolute atomic E-state index is 0.0201. The Morgan fingerprint density at radius 2 is 2.00 bits per heavy atom. The van der Waals surface area contributed by atoms with Crippen LogP contribution < -0.4 is 4.90 Å². The molecule has 1 aliphatic heterocycles. The number of aliphatic hydroxyl groups excluding tert-OH is 1. The predicted molar refractivity (Wildman–Crippen MR) is 77.3 cm³/mol. The number of hydrogen-bond donors (Lipinski definition) is 1. The fourth-order valence-corrected chi connectivity index (χ4v) is 2.49. The number of ether oxygens (including phenoxy) is 1. The highest BCUT2D eigenvalue weighted by atomic mass is 16.5. The van der Waals surface area contributed by atoms with Crippen molar-refractivity contribution in [2.45, 2.75) is 25.7 Å². The van der Waals surface area contributed by atoms with E-state index in [0.29, 0.717) is 0 Å². The lowest BCUT2D eigenvalue weighted by Crippen LogP contribution is -2.26. The molecule has 106 valence electrons. The first-order valence-corrected chi connectivity index (χ1v) is 6.93. The van der Waals surface area contributed by atoms with Crippen molar-refractivity contribution in [3.05, 3.63) is 29.8 Å². The van der Waals surface area contributed by atoms with Gasteiger partial charge in [-0.2, -0.15) is 0 Å². The smallest absolute Gasteiger partial charge is 0.137 e. The molecule has 0 saturated carbocycles. The highest BCUT2D eigenvalue weighted by molar-refractivity contribution is 5.46. The molecule has 1 saturated heterocycles. The van der Waals surface area contributed by atoms with Crippen LogP contribution in [0.2, 0.25) is 0 Å². The summed E-state index contributed by atoms with van der Waals surface area (Å²) in [5.74, 6) is 0. The van der Waals surface area contributed by atoms with E-state index in [4.69, 9.17) is 4.74 Å². The molecule has 1 N–H and O–H groups in total. The molecule has 0 aromatic heterocycles. The van der Waals surface area contributed by atoms with Crippen LogP contribution in [0.5, 0.6) is 0 Å². The third kappa shape index (κ3) is 3.26. The molecule has 0 radical (unpaired) electrons. The Morgan fingerprint density at radius 3 is 2.53 bits per heavy atom. The van der Waals surface area contributed by atoms with E-state index in [-0.39, 0.29) is 18.9 Å². The lowest BCUT2D eigenvalue weighted by atomic mass is 10.1. The third-order valence-corrected chi connectivity index (χ3v) is 3.50. The predicted octanol–water partition coefficient (Wildman–Crippen LogP) is 1.85. The highest BCUT2D eigenvalue weighted by Crippen LogP contribution is 2.31. The van der Waals surface area contributed by atoms with Crippen LogP contribution in [-0.4, -0.2) is 49.9 Å². The number of anilines is 1. The Balaban J connectivity index is 2.14. The first kappa shape index (κ1) is 14.3. The van der Waals surface area contributed by atoms with Gasteiger partial charge in [-0.3, -0.25) is 4.90 Å². The van der Waals surface area contributed by atoms with Crippen molar-refractivity contribution in [3.63, 3.8) is 0 Å². The molecule has 1 aromatic carbocycles.